The average Bonchev–Trinajstić information content (AvgIpc) is 2.73. The van der Waals surface area contributed by atoms with Gasteiger partial charge in [-0.15, -0.1) is 0 Å². The van der Waals surface area contributed by atoms with Crippen LogP contribution in [0, 0.1) is 0 Å². The molecule has 1 amide bonds. The second-order valence-corrected chi connectivity index (χ2v) is 6.66. The number of carbonyl (C=O) groups is 1. The number of aromatic amines is 1. The van der Waals surface area contributed by atoms with E-state index in [4.69, 9.17) is 5.73 Å². The lowest BCUT2D eigenvalue weighted by Crippen LogP contribution is -2.14. The Morgan fingerprint density at radius 1 is 0.964 bits per heavy atom. The van der Waals surface area contributed by atoms with Gasteiger partial charge in [-0.3, -0.25) is 14.6 Å². The summed E-state index contributed by atoms with van der Waals surface area (Å²) in [6.45, 7) is 0. The third kappa shape index (κ3) is 3.55. The van der Waals surface area contributed by atoms with Gasteiger partial charge in [0.1, 0.15) is 0 Å². The molecule has 0 bridgehead atoms. The van der Waals surface area contributed by atoms with Gasteiger partial charge in [0.05, 0.1) is 0 Å². The number of nitrogens with zero attached hydrogens (tertiary/aromatic N) is 1. The summed E-state index contributed by atoms with van der Waals surface area (Å²) in [6, 6.07) is 18.6. The van der Waals surface area contributed by atoms with E-state index < -0.39 is 5.91 Å². The van der Waals surface area contributed by atoms with Crippen molar-refractivity contribution in [3.8, 4) is 11.1 Å². The van der Waals surface area contributed by atoms with Gasteiger partial charge in [0.25, 0.3) is 0 Å². The highest BCUT2D eigenvalue weighted by Gasteiger charge is 2.09. The van der Waals surface area contributed by atoms with Crippen molar-refractivity contribution in [1.29, 1.82) is 0 Å². The monoisotopic (exact) mass is 369 g/mol. The Balaban J connectivity index is 1.61. The lowest BCUT2D eigenvalue weighted by molar-refractivity contribution is 0.0999. The van der Waals surface area contributed by atoms with E-state index in [0.29, 0.717) is 23.8 Å². The summed E-state index contributed by atoms with van der Waals surface area (Å²) in [6.07, 6.45) is 4.78. The van der Waals surface area contributed by atoms with Crippen molar-refractivity contribution in [3.05, 3.63) is 100 Å². The lowest BCUT2D eigenvalue weighted by Gasteiger charge is -2.08. The van der Waals surface area contributed by atoms with Crippen molar-refractivity contribution in [2.24, 2.45) is 5.73 Å². The summed E-state index contributed by atoms with van der Waals surface area (Å²) in [5, 5.41) is 0.661. The van der Waals surface area contributed by atoms with Crippen molar-refractivity contribution in [2.45, 2.75) is 12.8 Å². The maximum Gasteiger partial charge on any atom is 0.248 e. The van der Waals surface area contributed by atoms with E-state index in [1.165, 1.54) is 6.07 Å². The van der Waals surface area contributed by atoms with Gasteiger partial charge in [-0.2, -0.15) is 0 Å². The SMILES string of the molecule is NC(=O)c1ccccc1CCc1cc(-c2ccc3[nH]ccc(=O)c3c2)ccn1. The first-order valence-electron chi connectivity index (χ1n) is 9.06. The molecule has 0 atom stereocenters. The van der Waals surface area contributed by atoms with Crippen molar-refractivity contribution in [2.75, 3.05) is 0 Å². The molecule has 2 aromatic carbocycles. The van der Waals surface area contributed by atoms with Crippen LogP contribution in [-0.4, -0.2) is 15.9 Å². The number of aryl methyl sites for hydroxylation is 2. The van der Waals surface area contributed by atoms with Gasteiger partial charge < -0.3 is 10.7 Å². The fourth-order valence-electron chi connectivity index (χ4n) is 3.39. The van der Waals surface area contributed by atoms with Crippen LogP contribution in [0.15, 0.2) is 77.9 Å². The van der Waals surface area contributed by atoms with Gasteiger partial charge in [0.2, 0.25) is 5.91 Å². The molecule has 138 valence electrons. The molecule has 0 aliphatic heterocycles. The maximum absolute atomic E-state index is 12.1. The van der Waals surface area contributed by atoms with Gasteiger partial charge in [-0.25, -0.2) is 0 Å². The highest BCUT2D eigenvalue weighted by atomic mass is 16.1. The number of fused-ring (bicyclic) bond motifs is 1. The quantitative estimate of drug-likeness (QED) is 0.564. The molecule has 5 nitrogen and oxygen atoms in total. The molecule has 5 heteroatoms. The summed E-state index contributed by atoms with van der Waals surface area (Å²) in [4.78, 5) is 31.2. The number of benzene rings is 2. The first-order chi connectivity index (χ1) is 13.6. The van der Waals surface area contributed by atoms with Crippen LogP contribution in [-0.2, 0) is 12.8 Å². The van der Waals surface area contributed by atoms with Gasteiger partial charge >= 0.3 is 0 Å². The van der Waals surface area contributed by atoms with E-state index in [1.807, 2.05) is 48.5 Å². The minimum atomic E-state index is -0.418. The standard InChI is InChI=1S/C23H19N3O2/c24-23(28)19-4-2-1-3-15(19)5-7-18-13-17(9-11-25-18)16-6-8-21-20(14-16)22(27)10-12-26-21/h1-4,6,8-14H,5,7H2,(H2,24,28)(H,26,27). The van der Waals surface area contributed by atoms with Crippen LogP contribution < -0.4 is 11.2 Å². The Morgan fingerprint density at radius 2 is 1.79 bits per heavy atom. The van der Waals surface area contributed by atoms with E-state index in [2.05, 4.69) is 9.97 Å². The summed E-state index contributed by atoms with van der Waals surface area (Å²) < 4.78 is 0. The number of rotatable bonds is 5. The topological polar surface area (TPSA) is 88.8 Å². The molecule has 3 N–H and O–H groups in total. The number of primary amides is 1. The number of H-pyrrole nitrogens is 1. The number of aromatic nitrogens is 2. The first kappa shape index (κ1) is 17.7. The van der Waals surface area contributed by atoms with Crippen molar-refractivity contribution >= 4 is 16.8 Å². The molecule has 2 aromatic heterocycles. The van der Waals surface area contributed by atoms with Crippen LogP contribution in [0.3, 0.4) is 0 Å². The highest BCUT2D eigenvalue weighted by Crippen LogP contribution is 2.23. The predicted molar refractivity (Wildman–Crippen MR) is 110 cm³/mol. The van der Waals surface area contributed by atoms with Crippen LogP contribution in [0.25, 0.3) is 22.0 Å². The van der Waals surface area contributed by atoms with Crippen molar-refractivity contribution in [1.82, 2.24) is 9.97 Å². The van der Waals surface area contributed by atoms with Crippen LogP contribution in [0.2, 0.25) is 0 Å². The molecule has 4 aromatic rings. The van der Waals surface area contributed by atoms with Gasteiger partial charge in [0, 0.05) is 40.6 Å². The molecule has 0 radical (unpaired) electrons. The summed E-state index contributed by atoms with van der Waals surface area (Å²) in [7, 11) is 0. The molecule has 0 saturated carbocycles. The number of amides is 1. The second kappa shape index (κ2) is 7.48. The number of nitrogens with one attached hydrogen (secondary N) is 1. The second-order valence-electron chi connectivity index (χ2n) is 6.66. The highest BCUT2D eigenvalue weighted by molar-refractivity contribution is 5.94. The molecule has 0 aliphatic rings. The molecular formula is C23H19N3O2. The smallest absolute Gasteiger partial charge is 0.248 e. The third-order valence-electron chi connectivity index (χ3n) is 4.84. The lowest BCUT2D eigenvalue weighted by atomic mass is 9.99. The molecule has 0 aliphatic carbocycles. The molecular weight excluding hydrogens is 350 g/mol. The van der Waals surface area contributed by atoms with E-state index >= 15 is 0 Å². The molecule has 0 unspecified atom stereocenters. The van der Waals surface area contributed by atoms with E-state index in [0.717, 1.165) is 27.9 Å². The van der Waals surface area contributed by atoms with Gasteiger partial charge in [0.15, 0.2) is 5.43 Å². The van der Waals surface area contributed by atoms with Crippen molar-refractivity contribution in [3.63, 3.8) is 0 Å². The first-order valence-corrected chi connectivity index (χ1v) is 9.06. The largest absolute Gasteiger partial charge is 0.366 e. The molecule has 28 heavy (non-hydrogen) atoms. The number of hydrogen-bond acceptors (Lipinski definition) is 3. The maximum atomic E-state index is 12.1. The zero-order valence-corrected chi connectivity index (χ0v) is 15.2. The Morgan fingerprint density at radius 3 is 2.64 bits per heavy atom. The molecule has 0 spiro atoms. The zero-order chi connectivity index (χ0) is 19.5. The fourth-order valence-corrected chi connectivity index (χ4v) is 3.39. The van der Waals surface area contributed by atoms with Crippen LogP contribution in [0.4, 0.5) is 0 Å². The van der Waals surface area contributed by atoms with Crippen LogP contribution >= 0.6 is 0 Å². The number of carbonyl (C=O) groups excluding carboxylic acids is 1. The normalized spacial score (nSPS) is 10.9. The van der Waals surface area contributed by atoms with Crippen LogP contribution in [0.1, 0.15) is 21.6 Å². The number of hydrogen-bond donors (Lipinski definition) is 2. The van der Waals surface area contributed by atoms with Gasteiger partial charge in [-0.1, -0.05) is 24.3 Å². The minimum absolute atomic E-state index is 0.00654. The zero-order valence-electron chi connectivity index (χ0n) is 15.2. The summed E-state index contributed by atoms with van der Waals surface area (Å²) in [5.74, 6) is -0.418. The molecule has 0 saturated heterocycles. The third-order valence-corrected chi connectivity index (χ3v) is 4.84. The Labute approximate surface area is 161 Å². The predicted octanol–water partition coefficient (Wildman–Crippen LogP) is 3.47. The van der Waals surface area contributed by atoms with Crippen molar-refractivity contribution < 1.29 is 4.79 Å². The molecule has 2 heterocycles. The van der Waals surface area contributed by atoms with E-state index in [-0.39, 0.29) is 5.43 Å². The van der Waals surface area contributed by atoms with Crippen LogP contribution in [0.5, 0.6) is 0 Å². The average molecular weight is 369 g/mol. The number of nitrogens with two attached hydrogens (primary N) is 1. The number of pyridine rings is 2. The molecule has 4 rings (SSSR count). The fraction of sp³-hybridized carbons (Fsp3) is 0.0870. The Kier molecular flexibility index (Phi) is 4.72. The summed E-state index contributed by atoms with van der Waals surface area (Å²) in [5.41, 5.74) is 10.6. The van der Waals surface area contributed by atoms with E-state index in [9.17, 15) is 9.59 Å². The minimum Gasteiger partial charge on any atom is -0.366 e. The Bertz CT molecular complexity index is 1230. The molecule has 0 fully saturated rings. The van der Waals surface area contributed by atoms with Gasteiger partial charge in [-0.05, 0) is 59.9 Å². The van der Waals surface area contributed by atoms with E-state index in [1.54, 1.807) is 18.5 Å². The summed E-state index contributed by atoms with van der Waals surface area (Å²) >= 11 is 0. The Hall–Kier alpha value is -3.73.